The second kappa shape index (κ2) is 8.66. The van der Waals surface area contributed by atoms with Crippen LogP contribution in [0.25, 0.3) is 0 Å². The lowest BCUT2D eigenvalue weighted by atomic mass is 10.0. The number of carboxylic acid groups (broad SMARTS) is 1. The molecule has 0 heterocycles. The molecule has 0 amide bonds. The van der Waals surface area contributed by atoms with Gasteiger partial charge in [0, 0.05) is 7.05 Å². The number of nitrogens with zero attached hydrogens (tertiary/aromatic N) is 2. The van der Waals surface area contributed by atoms with E-state index in [0.717, 1.165) is 6.07 Å². The monoisotopic (exact) mass is 307 g/mol. The number of aromatic carboxylic acids is 1. The summed E-state index contributed by atoms with van der Waals surface area (Å²) < 4.78 is 13.6. The quantitative estimate of drug-likeness (QED) is 0.416. The van der Waals surface area contributed by atoms with Crippen LogP contribution in [0.2, 0.25) is 0 Å². The van der Waals surface area contributed by atoms with Gasteiger partial charge in [-0.05, 0) is 61.3 Å². The zero-order chi connectivity index (χ0) is 16.5. The average Bonchev–Trinajstić information content (AvgIpc) is 2.51. The Balaban J connectivity index is 2.63. The molecule has 0 fully saturated rings. The van der Waals surface area contributed by atoms with Gasteiger partial charge in [0.15, 0.2) is 5.82 Å². The first-order valence-electron chi connectivity index (χ1n) is 6.76. The molecular formula is C15H18FN3O3. The summed E-state index contributed by atoms with van der Waals surface area (Å²) in [6.07, 6.45) is 2.15. The molecule has 6 nitrogen and oxygen atoms in total. The van der Waals surface area contributed by atoms with Gasteiger partial charge in [-0.15, -0.1) is 4.91 Å². The molecule has 0 radical (unpaired) electrons. The van der Waals surface area contributed by atoms with E-state index in [1.54, 1.807) is 7.05 Å². The summed E-state index contributed by atoms with van der Waals surface area (Å²) in [5.41, 5.74) is 0.879. The van der Waals surface area contributed by atoms with Crippen molar-refractivity contribution in [3.8, 4) is 0 Å². The first-order valence-corrected chi connectivity index (χ1v) is 6.76. The number of hydrogen-bond donors (Lipinski definition) is 2. The van der Waals surface area contributed by atoms with Gasteiger partial charge in [0.05, 0.1) is 11.3 Å². The van der Waals surface area contributed by atoms with Crippen LogP contribution in [0.15, 0.2) is 39.9 Å². The van der Waals surface area contributed by atoms with Crippen LogP contribution >= 0.6 is 0 Å². The lowest BCUT2D eigenvalue weighted by Crippen LogP contribution is -2.06. The van der Waals surface area contributed by atoms with E-state index in [1.165, 1.54) is 12.1 Å². The molecule has 0 aromatic heterocycles. The molecule has 22 heavy (non-hydrogen) atoms. The fourth-order valence-electron chi connectivity index (χ4n) is 2.02. The molecule has 0 aliphatic rings. The van der Waals surface area contributed by atoms with E-state index < -0.39 is 11.8 Å². The van der Waals surface area contributed by atoms with E-state index >= 15 is 0 Å². The molecule has 0 atom stereocenters. The summed E-state index contributed by atoms with van der Waals surface area (Å²) in [5, 5.41) is 14.3. The molecule has 0 aliphatic heterocycles. The highest BCUT2D eigenvalue weighted by Gasteiger charge is 2.09. The van der Waals surface area contributed by atoms with Gasteiger partial charge in [-0.25, -0.2) is 9.18 Å². The molecule has 1 aromatic rings. The Morgan fingerprint density at radius 2 is 2.14 bits per heavy atom. The van der Waals surface area contributed by atoms with Crippen molar-refractivity contribution in [2.75, 3.05) is 7.05 Å². The highest BCUT2D eigenvalue weighted by atomic mass is 19.1. The summed E-state index contributed by atoms with van der Waals surface area (Å²) in [5.74, 6) is -1.37. The number of nitroso groups, excluding NO2 is 1. The van der Waals surface area contributed by atoms with Crippen molar-refractivity contribution in [1.82, 2.24) is 5.32 Å². The zero-order valence-corrected chi connectivity index (χ0v) is 12.3. The number of benzene rings is 1. The van der Waals surface area contributed by atoms with Crippen LogP contribution in [0.5, 0.6) is 0 Å². The number of rotatable bonds is 9. The number of aliphatic imine (C=N–C) groups is 1. The first-order chi connectivity index (χ1) is 10.5. The van der Waals surface area contributed by atoms with Crippen molar-refractivity contribution >= 4 is 12.7 Å². The third kappa shape index (κ3) is 4.76. The number of carboxylic acids is 1. The number of nitrogens with one attached hydrogen (secondary N) is 1. The normalized spacial score (nSPS) is 11.5. The Bertz CT molecular complexity index is 600. The minimum absolute atomic E-state index is 0.0624. The van der Waals surface area contributed by atoms with Gasteiger partial charge in [-0.1, -0.05) is 0 Å². The van der Waals surface area contributed by atoms with Crippen molar-refractivity contribution in [3.63, 3.8) is 0 Å². The highest BCUT2D eigenvalue weighted by molar-refractivity contribution is 5.87. The average molecular weight is 307 g/mol. The Labute approximate surface area is 127 Å². The Kier molecular flexibility index (Phi) is 6.88. The molecule has 0 saturated heterocycles. The summed E-state index contributed by atoms with van der Waals surface area (Å²) in [7, 11) is 1.56. The highest BCUT2D eigenvalue weighted by Crippen LogP contribution is 2.17. The number of aryl methyl sites for hydroxylation is 1. The number of halogens is 1. The van der Waals surface area contributed by atoms with Gasteiger partial charge < -0.3 is 10.4 Å². The second-order valence-electron chi connectivity index (χ2n) is 4.61. The van der Waals surface area contributed by atoms with E-state index in [4.69, 9.17) is 5.11 Å². The predicted octanol–water partition coefficient (Wildman–Crippen LogP) is 3.09. The summed E-state index contributed by atoms with van der Waals surface area (Å²) in [6.45, 7) is 3.39. The standard InChI is InChI=1S/C15H18FN3O3/c1-17-13(14(18-2)19-22)6-4-3-5-10-9-11(15(20)21)7-8-12(10)16/h7-9,18H,1,3-6H2,2H3,(H,20,21)/b14-13-. The van der Waals surface area contributed by atoms with Gasteiger partial charge in [0.1, 0.15) is 5.82 Å². The minimum atomic E-state index is -1.09. The molecule has 0 bridgehead atoms. The van der Waals surface area contributed by atoms with Crippen LogP contribution in [0.3, 0.4) is 0 Å². The lowest BCUT2D eigenvalue weighted by molar-refractivity contribution is 0.0696. The first kappa shape index (κ1) is 17.5. The van der Waals surface area contributed by atoms with Crippen molar-refractivity contribution in [2.24, 2.45) is 10.2 Å². The lowest BCUT2D eigenvalue weighted by Gasteiger charge is -2.06. The van der Waals surface area contributed by atoms with Gasteiger partial charge in [0.2, 0.25) is 0 Å². The summed E-state index contributed by atoms with van der Waals surface area (Å²) >= 11 is 0. The molecular weight excluding hydrogens is 289 g/mol. The smallest absolute Gasteiger partial charge is 0.335 e. The maximum atomic E-state index is 13.6. The molecule has 118 valence electrons. The van der Waals surface area contributed by atoms with Crippen LogP contribution in [0, 0.1) is 10.7 Å². The molecule has 0 unspecified atom stereocenters. The summed E-state index contributed by atoms with van der Waals surface area (Å²) in [6, 6.07) is 3.73. The third-order valence-corrected chi connectivity index (χ3v) is 3.19. The molecule has 1 aromatic carbocycles. The van der Waals surface area contributed by atoms with Crippen LogP contribution in [-0.4, -0.2) is 24.8 Å². The minimum Gasteiger partial charge on any atom is -0.478 e. The van der Waals surface area contributed by atoms with E-state index in [0.29, 0.717) is 36.9 Å². The van der Waals surface area contributed by atoms with E-state index in [1.807, 2.05) is 0 Å². The fraction of sp³-hybridized carbons (Fsp3) is 0.333. The van der Waals surface area contributed by atoms with E-state index in [2.05, 4.69) is 22.2 Å². The van der Waals surface area contributed by atoms with Crippen molar-refractivity contribution in [2.45, 2.75) is 25.7 Å². The van der Waals surface area contributed by atoms with Gasteiger partial charge in [-0.2, -0.15) is 0 Å². The number of carbonyl (C=O) groups is 1. The Morgan fingerprint density at radius 3 is 2.68 bits per heavy atom. The van der Waals surface area contributed by atoms with Crippen LogP contribution in [0.4, 0.5) is 4.39 Å². The zero-order valence-electron chi connectivity index (χ0n) is 12.3. The Hall–Kier alpha value is -2.57. The van der Waals surface area contributed by atoms with Crippen molar-refractivity contribution in [3.05, 3.63) is 51.6 Å². The van der Waals surface area contributed by atoms with Gasteiger partial charge in [0.25, 0.3) is 0 Å². The molecule has 7 heteroatoms. The fourth-order valence-corrected chi connectivity index (χ4v) is 2.02. The maximum Gasteiger partial charge on any atom is 0.335 e. The molecule has 0 spiro atoms. The third-order valence-electron chi connectivity index (χ3n) is 3.19. The molecule has 0 saturated carbocycles. The van der Waals surface area contributed by atoms with E-state index in [-0.39, 0.29) is 11.4 Å². The van der Waals surface area contributed by atoms with Gasteiger partial charge >= 0.3 is 5.97 Å². The maximum absolute atomic E-state index is 13.6. The van der Waals surface area contributed by atoms with Crippen LogP contribution < -0.4 is 5.32 Å². The molecule has 0 aliphatic carbocycles. The number of hydrogen-bond acceptors (Lipinski definition) is 5. The number of allylic oxidation sites excluding steroid dienone is 1. The largest absolute Gasteiger partial charge is 0.478 e. The van der Waals surface area contributed by atoms with Crippen LogP contribution in [0.1, 0.15) is 35.2 Å². The number of unbranched alkanes of at least 4 members (excludes halogenated alkanes) is 1. The van der Waals surface area contributed by atoms with Crippen LogP contribution in [-0.2, 0) is 6.42 Å². The van der Waals surface area contributed by atoms with Gasteiger partial charge in [-0.3, -0.25) is 4.99 Å². The van der Waals surface area contributed by atoms with E-state index in [9.17, 15) is 14.1 Å². The van der Waals surface area contributed by atoms with Crippen molar-refractivity contribution in [1.29, 1.82) is 0 Å². The molecule has 1 rings (SSSR count). The second-order valence-corrected chi connectivity index (χ2v) is 4.61. The predicted molar refractivity (Wildman–Crippen MR) is 82.3 cm³/mol. The SMILES string of the molecule is C=N/C(CCCCc1cc(C(=O)O)ccc1F)=C(\N=O)NC. The Morgan fingerprint density at radius 1 is 1.41 bits per heavy atom. The van der Waals surface area contributed by atoms with Crippen molar-refractivity contribution < 1.29 is 14.3 Å². The molecule has 2 N–H and O–H groups in total. The topological polar surface area (TPSA) is 91.1 Å². The summed E-state index contributed by atoms with van der Waals surface area (Å²) in [4.78, 5) is 25.2.